The summed E-state index contributed by atoms with van der Waals surface area (Å²) in [5.74, 6) is -3.14. The number of piperidine rings is 1. The van der Waals surface area contributed by atoms with Crippen molar-refractivity contribution in [2.45, 2.75) is 37.6 Å². The molecule has 1 atom stereocenters. The number of halogens is 3. The number of carbonyl (C=O) groups excluding carboxylic acids is 1. The summed E-state index contributed by atoms with van der Waals surface area (Å²) >= 11 is 0. The van der Waals surface area contributed by atoms with Crippen molar-refractivity contribution in [3.63, 3.8) is 0 Å². The van der Waals surface area contributed by atoms with Gasteiger partial charge in [0.2, 0.25) is 10.0 Å². The van der Waals surface area contributed by atoms with E-state index in [1.54, 1.807) is 0 Å². The lowest BCUT2D eigenvalue weighted by Gasteiger charge is -2.32. The largest absolute Gasteiger partial charge is 0.481 e. The van der Waals surface area contributed by atoms with Crippen molar-refractivity contribution in [2.75, 3.05) is 19.7 Å². The van der Waals surface area contributed by atoms with Crippen LogP contribution in [-0.2, 0) is 24.3 Å². The predicted octanol–water partition coefficient (Wildman–Crippen LogP) is 0.997. The fourth-order valence-corrected chi connectivity index (χ4v) is 4.06. The van der Waals surface area contributed by atoms with Crippen LogP contribution in [0.25, 0.3) is 0 Å². The van der Waals surface area contributed by atoms with E-state index in [9.17, 15) is 31.2 Å². The number of carboxylic acid groups (broad SMARTS) is 1. The van der Waals surface area contributed by atoms with Gasteiger partial charge in [-0.05, 0) is 19.8 Å². The van der Waals surface area contributed by atoms with E-state index in [0.29, 0.717) is 4.31 Å². The molecular formula is C12H18F3NO6S. The van der Waals surface area contributed by atoms with Crippen LogP contribution in [0, 0.1) is 5.92 Å². The molecule has 134 valence electrons. The Morgan fingerprint density at radius 1 is 1.30 bits per heavy atom. The van der Waals surface area contributed by atoms with E-state index in [2.05, 4.69) is 4.74 Å². The lowest BCUT2D eigenvalue weighted by molar-refractivity contribution is -0.155. The van der Waals surface area contributed by atoms with Gasteiger partial charge in [-0.2, -0.15) is 13.2 Å². The summed E-state index contributed by atoms with van der Waals surface area (Å²) < 4.78 is 68.6. The normalized spacial score (nSPS) is 19.3. The van der Waals surface area contributed by atoms with Gasteiger partial charge in [-0.1, -0.05) is 0 Å². The fourth-order valence-electron chi connectivity index (χ4n) is 2.30. The number of hydrogen-bond acceptors (Lipinski definition) is 5. The summed E-state index contributed by atoms with van der Waals surface area (Å²) in [6.45, 7) is 0.586. The van der Waals surface area contributed by atoms with Crippen LogP contribution in [0.15, 0.2) is 0 Å². The first kappa shape index (κ1) is 19.7. The first-order valence-electron chi connectivity index (χ1n) is 6.94. The number of nitrogens with zero attached hydrogens (tertiary/aromatic N) is 1. The number of rotatable bonds is 6. The molecule has 0 aromatic rings. The van der Waals surface area contributed by atoms with E-state index >= 15 is 0 Å². The Balaban J connectivity index is 2.92. The highest BCUT2D eigenvalue weighted by Gasteiger charge is 2.52. The summed E-state index contributed by atoms with van der Waals surface area (Å²) in [5.41, 5.74) is 0. The van der Waals surface area contributed by atoms with E-state index in [1.807, 2.05) is 0 Å². The molecule has 0 radical (unpaired) electrons. The molecule has 23 heavy (non-hydrogen) atoms. The van der Waals surface area contributed by atoms with Crippen LogP contribution in [0.2, 0.25) is 0 Å². The molecule has 1 rings (SSSR count). The summed E-state index contributed by atoms with van der Waals surface area (Å²) in [6.07, 6.45) is -6.59. The Morgan fingerprint density at radius 3 is 2.22 bits per heavy atom. The van der Waals surface area contributed by atoms with Crippen molar-refractivity contribution in [1.82, 2.24) is 4.31 Å². The van der Waals surface area contributed by atoms with Crippen molar-refractivity contribution in [3.8, 4) is 0 Å². The molecule has 7 nitrogen and oxygen atoms in total. The van der Waals surface area contributed by atoms with Gasteiger partial charge in [-0.15, -0.1) is 0 Å². The second-order valence-corrected chi connectivity index (χ2v) is 7.21. The van der Waals surface area contributed by atoms with Crippen molar-refractivity contribution in [2.24, 2.45) is 5.92 Å². The highest BCUT2D eigenvalue weighted by Crippen LogP contribution is 2.32. The minimum absolute atomic E-state index is 0.0709. The van der Waals surface area contributed by atoms with Crippen LogP contribution in [-0.4, -0.2) is 60.9 Å². The number of esters is 1. The number of sulfonamides is 1. The smallest absolute Gasteiger partial charge is 0.407 e. The third-order valence-corrected chi connectivity index (χ3v) is 5.78. The van der Waals surface area contributed by atoms with Crippen LogP contribution >= 0.6 is 0 Å². The maximum Gasteiger partial charge on any atom is 0.407 e. The molecule has 1 unspecified atom stereocenters. The minimum Gasteiger partial charge on any atom is -0.481 e. The van der Waals surface area contributed by atoms with Gasteiger partial charge in [-0.3, -0.25) is 9.59 Å². The van der Waals surface area contributed by atoms with Gasteiger partial charge in [-0.25, -0.2) is 12.7 Å². The van der Waals surface area contributed by atoms with Crippen molar-refractivity contribution >= 4 is 22.0 Å². The van der Waals surface area contributed by atoms with Gasteiger partial charge < -0.3 is 9.84 Å². The third-order valence-electron chi connectivity index (χ3n) is 3.55. The third kappa shape index (κ3) is 5.06. The molecule has 1 heterocycles. The van der Waals surface area contributed by atoms with E-state index < -0.39 is 45.7 Å². The molecule has 11 heteroatoms. The van der Waals surface area contributed by atoms with Gasteiger partial charge in [0.15, 0.2) is 5.25 Å². The van der Waals surface area contributed by atoms with Crippen LogP contribution in [0.1, 0.15) is 26.2 Å². The van der Waals surface area contributed by atoms with E-state index in [-0.39, 0.29) is 32.5 Å². The number of carbonyl (C=O) groups is 2. The highest BCUT2D eigenvalue weighted by molar-refractivity contribution is 7.89. The molecule has 0 aromatic heterocycles. The Kier molecular flexibility index (Phi) is 6.40. The Bertz CT molecular complexity index is 539. The Hall–Kier alpha value is -1.36. The van der Waals surface area contributed by atoms with E-state index in [4.69, 9.17) is 5.11 Å². The fraction of sp³-hybridized carbons (Fsp3) is 0.833. The minimum atomic E-state index is -5.13. The van der Waals surface area contributed by atoms with Crippen molar-refractivity contribution < 1.29 is 41.0 Å². The number of ether oxygens (including phenoxy) is 1. The monoisotopic (exact) mass is 361 g/mol. The predicted molar refractivity (Wildman–Crippen MR) is 71.9 cm³/mol. The molecule has 0 spiro atoms. The quantitative estimate of drug-likeness (QED) is 0.708. The van der Waals surface area contributed by atoms with Gasteiger partial charge >= 0.3 is 18.1 Å². The number of alkyl halides is 3. The van der Waals surface area contributed by atoms with Gasteiger partial charge in [0.05, 0.1) is 18.9 Å². The summed E-state index contributed by atoms with van der Waals surface area (Å²) in [6, 6.07) is 0. The zero-order chi connectivity index (χ0) is 17.8. The Labute approximate surface area is 131 Å². The van der Waals surface area contributed by atoms with Crippen LogP contribution in [0.4, 0.5) is 13.2 Å². The maximum atomic E-state index is 13.1. The lowest BCUT2D eigenvalue weighted by atomic mass is 9.99. The molecule has 1 aliphatic rings. The van der Waals surface area contributed by atoms with Crippen LogP contribution < -0.4 is 0 Å². The van der Waals surface area contributed by atoms with Gasteiger partial charge in [0.25, 0.3) is 0 Å². The van der Waals surface area contributed by atoms with E-state index in [1.165, 1.54) is 6.92 Å². The second-order valence-electron chi connectivity index (χ2n) is 5.10. The standard InChI is InChI=1S/C12H18F3NO6S/c1-2-22-10(17)7-9(12(13,14)15)23(20,21)16-5-3-8(4-6-16)11(18)19/h8-9H,2-7H2,1H3,(H,18,19). The van der Waals surface area contributed by atoms with E-state index in [0.717, 1.165) is 0 Å². The van der Waals surface area contributed by atoms with Crippen LogP contribution in [0.3, 0.4) is 0 Å². The first-order chi connectivity index (χ1) is 10.5. The lowest BCUT2D eigenvalue weighted by Crippen LogP contribution is -2.50. The first-order valence-corrected chi connectivity index (χ1v) is 8.44. The van der Waals surface area contributed by atoms with Crippen LogP contribution in [0.5, 0.6) is 0 Å². The van der Waals surface area contributed by atoms with Gasteiger partial charge in [0, 0.05) is 13.1 Å². The summed E-state index contributed by atoms with van der Waals surface area (Å²) in [7, 11) is -4.83. The average Bonchev–Trinajstić information content (AvgIpc) is 2.44. The average molecular weight is 361 g/mol. The number of carboxylic acids is 1. The molecule has 0 aliphatic carbocycles. The topological polar surface area (TPSA) is 101 Å². The highest BCUT2D eigenvalue weighted by atomic mass is 32.2. The molecule has 0 saturated carbocycles. The molecule has 1 aliphatic heterocycles. The molecule has 1 fully saturated rings. The summed E-state index contributed by atoms with van der Waals surface area (Å²) in [4.78, 5) is 22.1. The second kappa shape index (κ2) is 7.47. The Morgan fingerprint density at radius 2 is 1.83 bits per heavy atom. The molecule has 0 bridgehead atoms. The summed E-state index contributed by atoms with van der Waals surface area (Å²) in [5, 5.41) is 5.94. The zero-order valence-corrected chi connectivity index (χ0v) is 13.2. The molecule has 1 N–H and O–H groups in total. The number of aliphatic carboxylic acids is 1. The number of hydrogen-bond donors (Lipinski definition) is 1. The molecule has 0 aromatic carbocycles. The maximum absolute atomic E-state index is 13.1. The molecule has 0 amide bonds. The van der Waals surface area contributed by atoms with Crippen molar-refractivity contribution in [1.29, 1.82) is 0 Å². The zero-order valence-electron chi connectivity index (χ0n) is 12.4. The SMILES string of the molecule is CCOC(=O)CC(C(F)(F)F)S(=O)(=O)N1CCC(C(=O)O)CC1. The van der Waals surface area contributed by atoms with Gasteiger partial charge in [0.1, 0.15) is 0 Å². The van der Waals surface area contributed by atoms with Crippen molar-refractivity contribution in [3.05, 3.63) is 0 Å². The molecule has 1 saturated heterocycles. The molecular weight excluding hydrogens is 343 g/mol.